The second-order valence-electron chi connectivity index (χ2n) is 7.52. The van der Waals surface area contributed by atoms with Gasteiger partial charge in [-0.1, -0.05) is 15.9 Å². The molecule has 8 heteroatoms. The lowest BCUT2D eigenvalue weighted by Gasteiger charge is -2.26. The van der Waals surface area contributed by atoms with Crippen molar-refractivity contribution in [3.05, 3.63) is 81.6 Å². The Bertz CT molecular complexity index is 1270. The van der Waals surface area contributed by atoms with Crippen LogP contribution in [-0.4, -0.2) is 29.0 Å². The molecule has 0 atom stereocenters. The van der Waals surface area contributed by atoms with Gasteiger partial charge >= 0.3 is 6.03 Å². The Morgan fingerprint density at radius 1 is 0.970 bits per heavy atom. The Morgan fingerprint density at radius 3 is 2.24 bits per heavy atom. The number of anilines is 1. The van der Waals surface area contributed by atoms with Crippen molar-refractivity contribution >= 4 is 45.5 Å². The van der Waals surface area contributed by atoms with E-state index in [1.807, 2.05) is 55.7 Å². The number of halogens is 1. The normalized spacial score (nSPS) is 15.2. The molecule has 33 heavy (non-hydrogen) atoms. The van der Waals surface area contributed by atoms with Gasteiger partial charge in [-0.05, 0) is 87.0 Å². The van der Waals surface area contributed by atoms with Crippen LogP contribution in [0, 0.1) is 13.8 Å². The average Bonchev–Trinajstić information content (AvgIpc) is 3.06. The number of rotatable bonds is 5. The number of urea groups is 1. The SMILES string of the molecule is CCOc1ccc(N2C(=O)NC(=O)/C(=C/c3cc(C)n(-c4ccc(Br)cc4)c3C)C2=O)cc1. The summed E-state index contributed by atoms with van der Waals surface area (Å²) in [6.07, 6.45) is 1.53. The van der Waals surface area contributed by atoms with E-state index in [0.717, 1.165) is 32.0 Å². The van der Waals surface area contributed by atoms with Gasteiger partial charge in [-0.3, -0.25) is 14.9 Å². The minimum atomic E-state index is -0.786. The first-order chi connectivity index (χ1) is 15.8. The van der Waals surface area contributed by atoms with Gasteiger partial charge in [0.15, 0.2) is 0 Å². The first-order valence-electron chi connectivity index (χ1n) is 10.4. The fourth-order valence-corrected chi connectivity index (χ4v) is 4.09. The fourth-order valence-electron chi connectivity index (χ4n) is 3.83. The summed E-state index contributed by atoms with van der Waals surface area (Å²) in [5.41, 5.74) is 3.73. The second kappa shape index (κ2) is 9.07. The van der Waals surface area contributed by atoms with E-state index in [-0.39, 0.29) is 5.57 Å². The number of nitrogens with zero attached hydrogens (tertiary/aromatic N) is 2. The van der Waals surface area contributed by atoms with Crippen molar-refractivity contribution in [2.75, 3.05) is 11.5 Å². The van der Waals surface area contributed by atoms with Gasteiger partial charge in [0.25, 0.3) is 11.8 Å². The van der Waals surface area contributed by atoms with Gasteiger partial charge in [0.2, 0.25) is 0 Å². The summed E-state index contributed by atoms with van der Waals surface area (Å²) in [4.78, 5) is 39.2. The average molecular weight is 508 g/mol. The molecule has 4 rings (SSSR count). The molecule has 0 unspecified atom stereocenters. The van der Waals surface area contributed by atoms with E-state index in [9.17, 15) is 14.4 Å². The number of carbonyl (C=O) groups is 3. The number of imide groups is 2. The quantitative estimate of drug-likeness (QED) is 0.392. The molecule has 7 nitrogen and oxygen atoms in total. The molecule has 1 saturated heterocycles. The highest BCUT2D eigenvalue weighted by atomic mass is 79.9. The Morgan fingerprint density at radius 2 is 1.61 bits per heavy atom. The van der Waals surface area contributed by atoms with Crippen molar-refractivity contribution in [2.24, 2.45) is 0 Å². The Labute approximate surface area is 199 Å². The number of barbiturate groups is 1. The number of aromatic nitrogens is 1. The van der Waals surface area contributed by atoms with Crippen LogP contribution < -0.4 is 15.0 Å². The van der Waals surface area contributed by atoms with Crippen LogP contribution in [0.3, 0.4) is 0 Å². The van der Waals surface area contributed by atoms with Crippen LogP contribution in [-0.2, 0) is 9.59 Å². The highest BCUT2D eigenvalue weighted by molar-refractivity contribution is 9.10. The smallest absolute Gasteiger partial charge is 0.335 e. The zero-order chi connectivity index (χ0) is 23.7. The second-order valence-corrected chi connectivity index (χ2v) is 8.44. The van der Waals surface area contributed by atoms with Crippen LogP contribution >= 0.6 is 15.9 Å². The van der Waals surface area contributed by atoms with E-state index in [2.05, 4.69) is 21.2 Å². The molecule has 168 valence electrons. The third kappa shape index (κ3) is 4.34. The predicted octanol–water partition coefficient (Wildman–Crippen LogP) is 4.92. The molecule has 1 aliphatic heterocycles. The van der Waals surface area contributed by atoms with Crippen LogP contribution in [0.4, 0.5) is 10.5 Å². The van der Waals surface area contributed by atoms with Crippen LogP contribution in [0.5, 0.6) is 5.75 Å². The molecule has 3 aromatic rings. The largest absolute Gasteiger partial charge is 0.494 e. The van der Waals surface area contributed by atoms with Gasteiger partial charge in [0, 0.05) is 21.5 Å². The maximum atomic E-state index is 13.2. The van der Waals surface area contributed by atoms with Gasteiger partial charge in [-0.2, -0.15) is 0 Å². The van der Waals surface area contributed by atoms with Crippen molar-refractivity contribution in [1.82, 2.24) is 9.88 Å². The summed E-state index contributed by atoms with van der Waals surface area (Å²) in [5.74, 6) is -0.777. The molecule has 1 N–H and O–H groups in total. The Kier molecular flexibility index (Phi) is 6.20. The summed E-state index contributed by atoms with van der Waals surface area (Å²) in [5, 5.41) is 2.26. The lowest BCUT2D eigenvalue weighted by Crippen LogP contribution is -2.54. The van der Waals surface area contributed by atoms with Gasteiger partial charge in [0.05, 0.1) is 12.3 Å². The molecule has 1 fully saturated rings. The molecule has 0 saturated carbocycles. The van der Waals surface area contributed by atoms with Gasteiger partial charge in [-0.25, -0.2) is 9.69 Å². The van der Waals surface area contributed by atoms with E-state index in [4.69, 9.17) is 4.74 Å². The van der Waals surface area contributed by atoms with Crippen molar-refractivity contribution in [2.45, 2.75) is 20.8 Å². The highest BCUT2D eigenvalue weighted by Crippen LogP contribution is 2.27. The summed E-state index contributed by atoms with van der Waals surface area (Å²) in [6, 6.07) is 15.5. The van der Waals surface area contributed by atoms with E-state index < -0.39 is 17.8 Å². The van der Waals surface area contributed by atoms with Crippen LogP contribution in [0.25, 0.3) is 11.8 Å². The zero-order valence-electron chi connectivity index (χ0n) is 18.4. The van der Waals surface area contributed by atoms with Crippen molar-refractivity contribution in [1.29, 1.82) is 0 Å². The van der Waals surface area contributed by atoms with Gasteiger partial charge < -0.3 is 9.30 Å². The fraction of sp³-hybridized carbons (Fsp3) is 0.160. The van der Waals surface area contributed by atoms with Gasteiger partial charge in [0.1, 0.15) is 11.3 Å². The Balaban J connectivity index is 1.71. The van der Waals surface area contributed by atoms with Gasteiger partial charge in [-0.15, -0.1) is 0 Å². The van der Waals surface area contributed by atoms with E-state index in [1.54, 1.807) is 24.3 Å². The first-order valence-corrected chi connectivity index (χ1v) is 11.2. The summed E-state index contributed by atoms with van der Waals surface area (Å²) < 4.78 is 8.43. The molecule has 1 aliphatic rings. The number of nitrogens with one attached hydrogen (secondary N) is 1. The maximum absolute atomic E-state index is 13.2. The number of hydrogen-bond donors (Lipinski definition) is 1. The lowest BCUT2D eigenvalue weighted by molar-refractivity contribution is -0.122. The van der Waals surface area contributed by atoms with Crippen molar-refractivity contribution in [3.8, 4) is 11.4 Å². The highest BCUT2D eigenvalue weighted by Gasteiger charge is 2.37. The minimum absolute atomic E-state index is 0.112. The number of amides is 4. The van der Waals surface area contributed by atoms with Crippen LogP contribution in [0.1, 0.15) is 23.9 Å². The Hall–Kier alpha value is -3.65. The summed E-state index contributed by atoms with van der Waals surface area (Å²) in [6.45, 7) is 6.24. The third-order valence-corrected chi connectivity index (χ3v) is 5.89. The lowest BCUT2D eigenvalue weighted by atomic mass is 10.1. The molecule has 0 aliphatic carbocycles. The molecule has 4 amide bonds. The molecular weight excluding hydrogens is 486 g/mol. The summed E-state index contributed by atoms with van der Waals surface area (Å²) in [7, 11) is 0. The maximum Gasteiger partial charge on any atom is 0.335 e. The summed E-state index contributed by atoms with van der Waals surface area (Å²) >= 11 is 3.44. The number of hydrogen-bond acceptors (Lipinski definition) is 4. The zero-order valence-corrected chi connectivity index (χ0v) is 20.0. The monoisotopic (exact) mass is 507 g/mol. The molecular formula is C25H22BrN3O4. The van der Waals surface area contributed by atoms with Crippen LogP contribution in [0.15, 0.2) is 64.6 Å². The van der Waals surface area contributed by atoms with Crippen LogP contribution in [0.2, 0.25) is 0 Å². The number of carbonyl (C=O) groups excluding carboxylic acids is 3. The van der Waals surface area contributed by atoms with E-state index in [0.29, 0.717) is 18.0 Å². The molecule has 0 bridgehead atoms. The first kappa shape index (κ1) is 22.5. The number of ether oxygens (including phenoxy) is 1. The molecule has 0 spiro atoms. The molecule has 2 heterocycles. The van der Waals surface area contributed by atoms with E-state index in [1.165, 1.54) is 6.08 Å². The standard InChI is InChI=1S/C25H22BrN3O4/c1-4-33-21-11-9-20(10-12-21)29-24(31)22(23(30)27-25(29)32)14-17-13-15(2)28(16(17)3)19-7-5-18(26)6-8-19/h5-14H,4H2,1-3H3,(H,27,30,32)/b22-14-. The van der Waals surface area contributed by atoms with Crippen molar-refractivity contribution < 1.29 is 19.1 Å². The topological polar surface area (TPSA) is 80.6 Å². The number of benzene rings is 2. The third-order valence-electron chi connectivity index (χ3n) is 5.36. The molecule has 0 radical (unpaired) electrons. The van der Waals surface area contributed by atoms with E-state index >= 15 is 0 Å². The number of aryl methyl sites for hydroxylation is 1. The predicted molar refractivity (Wildman–Crippen MR) is 130 cm³/mol. The molecule has 1 aromatic heterocycles. The molecule has 2 aromatic carbocycles. The minimum Gasteiger partial charge on any atom is -0.494 e. The van der Waals surface area contributed by atoms with Crippen molar-refractivity contribution in [3.63, 3.8) is 0 Å².